The van der Waals surface area contributed by atoms with Crippen LogP contribution in [0.1, 0.15) is 19.4 Å². The number of hydrogen-bond acceptors (Lipinski definition) is 4. The van der Waals surface area contributed by atoms with Crippen molar-refractivity contribution < 1.29 is 4.74 Å². The van der Waals surface area contributed by atoms with E-state index < -0.39 is 0 Å². The predicted molar refractivity (Wildman–Crippen MR) is 82.2 cm³/mol. The van der Waals surface area contributed by atoms with Crippen molar-refractivity contribution in [2.75, 3.05) is 19.0 Å². The molecular formula is C15H20N2OS. The Bertz CT molecular complexity index is 549. The molecule has 0 saturated carbocycles. The molecule has 0 aliphatic rings. The Hall–Kier alpha value is -1.55. The Morgan fingerprint density at radius 1 is 1.37 bits per heavy atom. The summed E-state index contributed by atoms with van der Waals surface area (Å²) in [6.07, 6.45) is 1.93. The highest BCUT2D eigenvalue weighted by molar-refractivity contribution is 7.18. The molecule has 0 amide bonds. The van der Waals surface area contributed by atoms with E-state index in [1.807, 2.05) is 12.3 Å². The number of anilines is 1. The van der Waals surface area contributed by atoms with Crippen molar-refractivity contribution in [3.8, 4) is 16.2 Å². The zero-order valence-corrected chi connectivity index (χ0v) is 12.7. The van der Waals surface area contributed by atoms with Gasteiger partial charge in [-0.3, -0.25) is 0 Å². The van der Waals surface area contributed by atoms with Gasteiger partial charge < -0.3 is 10.1 Å². The number of aromatic nitrogens is 1. The first kappa shape index (κ1) is 13.9. The van der Waals surface area contributed by atoms with Gasteiger partial charge in [-0.1, -0.05) is 25.2 Å². The number of rotatable bonds is 5. The summed E-state index contributed by atoms with van der Waals surface area (Å²) in [5.41, 5.74) is 2.33. The van der Waals surface area contributed by atoms with Gasteiger partial charge in [-0.25, -0.2) is 4.98 Å². The van der Waals surface area contributed by atoms with E-state index in [1.165, 1.54) is 10.4 Å². The number of hydrogen-bond donors (Lipinski definition) is 1. The molecule has 0 atom stereocenters. The minimum Gasteiger partial charge on any atom is -0.496 e. The van der Waals surface area contributed by atoms with Gasteiger partial charge in [-0.15, -0.1) is 0 Å². The van der Waals surface area contributed by atoms with Crippen LogP contribution in [0, 0.1) is 12.8 Å². The number of aryl methyl sites for hydroxylation is 1. The molecule has 0 aliphatic heterocycles. The molecule has 3 nitrogen and oxygen atoms in total. The molecule has 1 N–H and O–H groups in total. The Labute approximate surface area is 118 Å². The first-order valence-corrected chi connectivity index (χ1v) is 7.26. The number of methoxy groups -OCH3 is 1. The summed E-state index contributed by atoms with van der Waals surface area (Å²) < 4.78 is 5.28. The maximum atomic E-state index is 5.28. The van der Waals surface area contributed by atoms with Crippen LogP contribution >= 0.6 is 11.3 Å². The van der Waals surface area contributed by atoms with Crippen LogP contribution in [0.25, 0.3) is 10.4 Å². The van der Waals surface area contributed by atoms with E-state index in [4.69, 9.17) is 4.74 Å². The zero-order valence-electron chi connectivity index (χ0n) is 11.9. The summed E-state index contributed by atoms with van der Waals surface area (Å²) >= 11 is 1.69. The van der Waals surface area contributed by atoms with Crippen LogP contribution in [0.3, 0.4) is 0 Å². The maximum Gasteiger partial charge on any atom is 0.183 e. The molecular weight excluding hydrogens is 256 g/mol. The molecule has 0 bridgehead atoms. The van der Waals surface area contributed by atoms with Gasteiger partial charge in [0.25, 0.3) is 0 Å². The molecule has 4 heteroatoms. The normalized spacial score (nSPS) is 10.8. The van der Waals surface area contributed by atoms with Gasteiger partial charge in [0, 0.05) is 12.7 Å². The summed E-state index contributed by atoms with van der Waals surface area (Å²) in [4.78, 5) is 5.59. The molecule has 2 aromatic rings. The fourth-order valence-corrected chi connectivity index (χ4v) is 2.63. The summed E-state index contributed by atoms with van der Waals surface area (Å²) in [5, 5.41) is 4.34. The molecule has 1 heterocycles. The number of ether oxygens (including phenoxy) is 1. The average Bonchev–Trinajstić information content (AvgIpc) is 2.85. The second-order valence-corrected chi connectivity index (χ2v) is 6.02. The van der Waals surface area contributed by atoms with Gasteiger partial charge in [-0.05, 0) is 42.2 Å². The van der Waals surface area contributed by atoms with Gasteiger partial charge >= 0.3 is 0 Å². The van der Waals surface area contributed by atoms with Gasteiger partial charge in [0.1, 0.15) is 5.75 Å². The Balaban J connectivity index is 2.16. The number of nitrogens with one attached hydrogen (secondary N) is 1. The van der Waals surface area contributed by atoms with Crippen molar-refractivity contribution in [2.45, 2.75) is 20.8 Å². The number of nitrogens with zero attached hydrogens (tertiary/aromatic N) is 1. The van der Waals surface area contributed by atoms with Crippen LogP contribution < -0.4 is 10.1 Å². The van der Waals surface area contributed by atoms with Crippen molar-refractivity contribution in [1.29, 1.82) is 0 Å². The highest BCUT2D eigenvalue weighted by Gasteiger charge is 2.07. The smallest absolute Gasteiger partial charge is 0.183 e. The molecule has 2 rings (SSSR count). The van der Waals surface area contributed by atoms with E-state index in [0.717, 1.165) is 23.0 Å². The fourth-order valence-electron chi connectivity index (χ4n) is 1.81. The second-order valence-electron chi connectivity index (χ2n) is 4.99. The van der Waals surface area contributed by atoms with Crippen LogP contribution in [-0.2, 0) is 0 Å². The van der Waals surface area contributed by atoms with Crippen LogP contribution in [0.5, 0.6) is 5.75 Å². The minimum absolute atomic E-state index is 0.621. The average molecular weight is 276 g/mol. The Morgan fingerprint density at radius 3 is 2.79 bits per heavy atom. The summed E-state index contributed by atoms with van der Waals surface area (Å²) in [6, 6.07) is 6.22. The summed E-state index contributed by atoms with van der Waals surface area (Å²) in [6.45, 7) is 7.39. The van der Waals surface area contributed by atoms with E-state index in [0.29, 0.717) is 5.92 Å². The molecule has 0 radical (unpaired) electrons. The van der Waals surface area contributed by atoms with Crippen molar-refractivity contribution in [2.24, 2.45) is 5.92 Å². The molecule has 0 aliphatic carbocycles. The van der Waals surface area contributed by atoms with Crippen molar-refractivity contribution in [1.82, 2.24) is 4.98 Å². The second kappa shape index (κ2) is 6.06. The first-order valence-electron chi connectivity index (χ1n) is 6.45. The van der Waals surface area contributed by atoms with Gasteiger partial charge in [0.05, 0.1) is 12.0 Å². The monoisotopic (exact) mass is 276 g/mol. The molecule has 0 spiro atoms. The van der Waals surface area contributed by atoms with E-state index >= 15 is 0 Å². The Morgan fingerprint density at radius 2 is 2.16 bits per heavy atom. The molecule has 0 unspecified atom stereocenters. The van der Waals surface area contributed by atoms with Gasteiger partial charge in [-0.2, -0.15) is 0 Å². The third kappa shape index (κ3) is 3.47. The SMILES string of the molecule is COc1ccc(-c2cnc(NCC(C)C)s2)cc1C. The minimum atomic E-state index is 0.621. The lowest BCUT2D eigenvalue weighted by molar-refractivity contribution is 0.412. The van der Waals surface area contributed by atoms with E-state index in [-0.39, 0.29) is 0 Å². The zero-order chi connectivity index (χ0) is 13.8. The van der Waals surface area contributed by atoms with E-state index in [2.05, 4.69) is 43.2 Å². The van der Waals surface area contributed by atoms with E-state index in [9.17, 15) is 0 Å². The van der Waals surface area contributed by atoms with Crippen molar-refractivity contribution in [3.63, 3.8) is 0 Å². The molecule has 19 heavy (non-hydrogen) atoms. The number of benzene rings is 1. The molecule has 1 aromatic heterocycles. The van der Waals surface area contributed by atoms with Crippen LogP contribution in [0.4, 0.5) is 5.13 Å². The number of thiazole rings is 1. The lowest BCUT2D eigenvalue weighted by atomic mass is 10.1. The topological polar surface area (TPSA) is 34.1 Å². The van der Waals surface area contributed by atoms with Gasteiger partial charge in [0.15, 0.2) is 5.13 Å². The largest absolute Gasteiger partial charge is 0.496 e. The summed E-state index contributed by atoms with van der Waals surface area (Å²) in [7, 11) is 1.70. The first-order chi connectivity index (χ1) is 9.10. The quantitative estimate of drug-likeness (QED) is 0.889. The van der Waals surface area contributed by atoms with Gasteiger partial charge in [0.2, 0.25) is 0 Å². The maximum absolute atomic E-state index is 5.28. The molecule has 102 valence electrons. The van der Waals surface area contributed by atoms with Crippen LogP contribution in [-0.4, -0.2) is 18.6 Å². The van der Waals surface area contributed by atoms with Crippen LogP contribution in [0.2, 0.25) is 0 Å². The lowest BCUT2D eigenvalue weighted by Crippen LogP contribution is -2.07. The third-order valence-corrected chi connectivity index (χ3v) is 3.85. The highest BCUT2D eigenvalue weighted by Crippen LogP contribution is 2.31. The van der Waals surface area contributed by atoms with Crippen molar-refractivity contribution >= 4 is 16.5 Å². The predicted octanol–water partition coefficient (Wildman–Crippen LogP) is 4.20. The third-order valence-electron chi connectivity index (χ3n) is 2.85. The lowest BCUT2D eigenvalue weighted by Gasteiger charge is -2.06. The highest BCUT2D eigenvalue weighted by atomic mass is 32.1. The van der Waals surface area contributed by atoms with Crippen molar-refractivity contribution in [3.05, 3.63) is 30.0 Å². The molecule has 0 saturated heterocycles. The van der Waals surface area contributed by atoms with E-state index in [1.54, 1.807) is 18.4 Å². The molecule has 0 fully saturated rings. The van der Waals surface area contributed by atoms with Crippen LogP contribution in [0.15, 0.2) is 24.4 Å². The fraction of sp³-hybridized carbons (Fsp3) is 0.400. The Kier molecular flexibility index (Phi) is 4.43. The molecule has 1 aromatic carbocycles. The summed E-state index contributed by atoms with van der Waals surface area (Å²) in [5.74, 6) is 1.54. The standard InChI is InChI=1S/C15H20N2OS/c1-10(2)8-16-15-17-9-14(19-15)12-5-6-13(18-4)11(3)7-12/h5-7,9-10H,8H2,1-4H3,(H,16,17).